The van der Waals surface area contributed by atoms with Gasteiger partial charge in [-0.15, -0.1) is 0 Å². The van der Waals surface area contributed by atoms with Gasteiger partial charge in [0.1, 0.15) is 7.05 Å². The molecular weight excluding hydrogens is 138 g/mol. The summed E-state index contributed by atoms with van der Waals surface area (Å²) in [6, 6.07) is 0. The number of allylic oxidation sites excluding steroid dienone is 2. The summed E-state index contributed by atoms with van der Waals surface area (Å²) < 4.78 is 0.879. The average Bonchev–Trinajstić information content (AvgIpc) is 2.70. The van der Waals surface area contributed by atoms with Crippen molar-refractivity contribution in [1.82, 2.24) is 0 Å². The molecule has 2 nitrogen and oxygen atoms in total. The van der Waals surface area contributed by atoms with Crippen LogP contribution < -0.4 is 0 Å². The maximum Gasteiger partial charge on any atom is 0.150 e. The fraction of sp³-hybridized carbons (Fsp3) is 0.667. The van der Waals surface area contributed by atoms with E-state index in [1.807, 2.05) is 0 Å². The van der Waals surface area contributed by atoms with Gasteiger partial charge in [0.25, 0.3) is 0 Å². The van der Waals surface area contributed by atoms with Crippen LogP contribution in [0.4, 0.5) is 0 Å². The molecule has 1 aliphatic carbocycles. The second-order valence-corrected chi connectivity index (χ2v) is 3.02. The molecule has 0 unspecified atom stereocenters. The first kappa shape index (κ1) is 8.31. The van der Waals surface area contributed by atoms with Gasteiger partial charge in [-0.05, 0) is 25.7 Å². The van der Waals surface area contributed by atoms with E-state index in [9.17, 15) is 5.21 Å². The minimum atomic E-state index is 0.879. The van der Waals surface area contributed by atoms with Gasteiger partial charge in [-0.25, -0.2) is 4.74 Å². The first-order chi connectivity index (χ1) is 5.29. The van der Waals surface area contributed by atoms with Gasteiger partial charge in [0.2, 0.25) is 0 Å². The maximum atomic E-state index is 10.4. The van der Waals surface area contributed by atoms with E-state index in [1.165, 1.54) is 19.9 Å². The fourth-order valence-electron chi connectivity index (χ4n) is 0.973. The normalized spacial score (nSPS) is 16.8. The molecule has 0 heterocycles. The van der Waals surface area contributed by atoms with Gasteiger partial charge in [-0.1, -0.05) is 11.6 Å². The summed E-state index contributed by atoms with van der Waals surface area (Å²) in [7, 11) is 1.53. The van der Waals surface area contributed by atoms with E-state index in [0.717, 1.165) is 24.0 Å². The molecule has 0 atom stereocenters. The first-order valence-electron chi connectivity index (χ1n) is 4.20. The highest BCUT2D eigenvalue weighted by Crippen LogP contribution is 2.28. The Kier molecular flexibility index (Phi) is 3.14. The van der Waals surface area contributed by atoms with Crippen LogP contribution in [0.5, 0.6) is 0 Å². The van der Waals surface area contributed by atoms with Gasteiger partial charge >= 0.3 is 0 Å². The Morgan fingerprint density at radius 1 is 1.45 bits per heavy atom. The third-order valence-corrected chi connectivity index (χ3v) is 1.77. The Labute approximate surface area is 67.8 Å². The standard InChI is InChI=1S/C9H15NO/c1-10(11)8-4-2-3-5-9-6-7-9/h5,8H,2-4,6-7H2,1H3/b10-8-. The van der Waals surface area contributed by atoms with Gasteiger partial charge in [-0.3, -0.25) is 0 Å². The molecule has 0 saturated heterocycles. The molecule has 0 N–H and O–H groups in total. The van der Waals surface area contributed by atoms with Crippen LogP contribution in [-0.4, -0.2) is 18.0 Å². The van der Waals surface area contributed by atoms with Crippen LogP contribution in [0.2, 0.25) is 0 Å². The summed E-state index contributed by atoms with van der Waals surface area (Å²) in [5, 5.41) is 10.4. The lowest BCUT2D eigenvalue weighted by Gasteiger charge is -1.93. The van der Waals surface area contributed by atoms with Gasteiger partial charge in [0.05, 0.1) is 0 Å². The summed E-state index contributed by atoms with van der Waals surface area (Å²) in [6.45, 7) is 0. The number of hydroxylamine groups is 1. The van der Waals surface area contributed by atoms with Crippen LogP contribution in [0.25, 0.3) is 0 Å². The predicted molar refractivity (Wildman–Crippen MR) is 46.8 cm³/mol. The van der Waals surface area contributed by atoms with Crippen molar-refractivity contribution in [2.24, 2.45) is 0 Å². The zero-order valence-electron chi connectivity index (χ0n) is 7.05. The number of hydrogen-bond donors (Lipinski definition) is 0. The van der Waals surface area contributed by atoms with Crippen molar-refractivity contribution in [1.29, 1.82) is 0 Å². The topological polar surface area (TPSA) is 26.1 Å². The zero-order chi connectivity index (χ0) is 8.10. The van der Waals surface area contributed by atoms with Crippen LogP contribution in [-0.2, 0) is 0 Å². The van der Waals surface area contributed by atoms with E-state index in [1.54, 1.807) is 11.8 Å². The summed E-state index contributed by atoms with van der Waals surface area (Å²) in [6.07, 6.45) is 9.76. The first-order valence-corrected chi connectivity index (χ1v) is 4.20. The number of nitrogens with zero attached hydrogens (tertiary/aromatic N) is 1. The maximum absolute atomic E-state index is 10.4. The zero-order valence-corrected chi connectivity index (χ0v) is 7.05. The molecule has 11 heavy (non-hydrogen) atoms. The average molecular weight is 153 g/mol. The predicted octanol–water partition coefficient (Wildman–Crippen LogP) is 2.09. The summed E-state index contributed by atoms with van der Waals surface area (Å²) in [4.78, 5) is 0. The highest BCUT2D eigenvalue weighted by molar-refractivity contribution is 5.50. The van der Waals surface area contributed by atoms with E-state index >= 15 is 0 Å². The van der Waals surface area contributed by atoms with Crippen molar-refractivity contribution in [2.75, 3.05) is 7.05 Å². The summed E-state index contributed by atoms with van der Waals surface area (Å²) in [5.74, 6) is 0. The quantitative estimate of drug-likeness (QED) is 0.152. The van der Waals surface area contributed by atoms with Gasteiger partial charge in [0.15, 0.2) is 6.21 Å². The molecule has 1 saturated carbocycles. The molecule has 0 radical (unpaired) electrons. The molecule has 1 aliphatic rings. The SMILES string of the molecule is C/[N+]([O-])=C/CCCC=C1CC1. The minimum absolute atomic E-state index is 0.879. The Bertz CT molecular complexity index is 164. The molecule has 0 aromatic rings. The molecule has 1 fully saturated rings. The van der Waals surface area contributed by atoms with Crippen molar-refractivity contribution in [3.63, 3.8) is 0 Å². The van der Waals surface area contributed by atoms with Gasteiger partial charge in [0, 0.05) is 6.42 Å². The molecule has 0 aromatic heterocycles. The van der Waals surface area contributed by atoms with Crippen molar-refractivity contribution in [3.8, 4) is 0 Å². The third kappa shape index (κ3) is 4.59. The van der Waals surface area contributed by atoms with Crippen molar-refractivity contribution < 1.29 is 4.74 Å². The van der Waals surface area contributed by atoms with Gasteiger partial charge < -0.3 is 5.21 Å². The molecule has 0 aromatic carbocycles. The highest BCUT2D eigenvalue weighted by atomic mass is 16.5. The number of unbranched alkanes of at least 4 members (excludes halogenated alkanes) is 2. The van der Waals surface area contributed by atoms with Crippen molar-refractivity contribution in [3.05, 3.63) is 16.9 Å². The van der Waals surface area contributed by atoms with Crippen LogP contribution >= 0.6 is 0 Å². The third-order valence-electron chi connectivity index (χ3n) is 1.77. The molecule has 62 valence electrons. The molecule has 0 aliphatic heterocycles. The molecule has 0 bridgehead atoms. The smallest absolute Gasteiger partial charge is 0.150 e. The second-order valence-electron chi connectivity index (χ2n) is 3.02. The molecular formula is C9H15NO. The van der Waals surface area contributed by atoms with E-state index in [2.05, 4.69) is 6.08 Å². The Hall–Kier alpha value is -0.790. The largest absolute Gasteiger partial charge is 0.624 e. The van der Waals surface area contributed by atoms with Crippen LogP contribution in [0.15, 0.2) is 11.6 Å². The summed E-state index contributed by atoms with van der Waals surface area (Å²) >= 11 is 0. The lowest BCUT2D eigenvalue weighted by molar-refractivity contribution is -0.418. The molecule has 2 heteroatoms. The molecule has 0 spiro atoms. The second kappa shape index (κ2) is 4.16. The van der Waals surface area contributed by atoms with Gasteiger partial charge in [-0.2, -0.15) is 0 Å². The van der Waals surface area contributed by atoms with E-state index in [4.69, 9.17) is 0 Å². The van der Waals surface area contributed by atoms with Crippen LogP contribution in [0.3, 0.4) is 0 Å². The minimum Gasteiger partial charge on any atom is -0.624 e. The molecule has 0 amide bonds. The summed E-state index contributed by atoms with van der Waals surface area (Å²) in [5.41, 5.74) is 1.60. The van der Waals surface area contributed by atoms with Crippen molar-refractivity contribution in [2.45, 2.75) is 32.1 Å². The Morgan fingerprint density at radius 2 is 2.18 bits per heavy atom. The van der Waals surface area contributed by atoms with Crippen LogP contribution in [0, 0.1) is 5.21 Å². The van der Waals surface area contributed by atoms with E-state index in [-0.39, 0.29) is 0 Å². The Balaban J connectivity index is 1.96. The van der Waals surface area contributed by atoms with Crippen LogP contribution in [0.1, 0.15) is 32.1 Å². The van der Waals surface area contributed by atoms with E-state index < -0.39 is 0 Å². The lowest BCUT2D eigenvalue weighted by atomic mass is 10.2. The van der Waals surface area contributed by atoms with E-state index in [0.29, 0.717) is 0 Å². The Morgan fingerprint density at radius 3 is 2.73 bits per heavy atom. The highest BCUT2D eigenvalue weighted by Gasteiger charge is 2.08. The molecule has 1 rings (SSSR count). The monoisotopic (exact) mass is 153 g/mol. The number of hydrogen-bond acceptors (Lipinski definition) is 1. The van der Waals surface area contributed by atoms with Crippen molar-refractivity contribution >= 4 is 6.21 Å². The fourth-order valence-corrected chi connectivity index (χ4v) is 0.973. The number of rotatable bonds is 4. The lowest BCUT2D eigenvalue weighted by Crippen LogP contribution is -1.94.